The summed E-state index contributed by atoms with van der Waals surface area (Å²) in [6.07, 6.45) is 0.890. The minimum atomic E-state index is 0.0407. The number of ether oxygens (including phenoxy) is 2. The van der Waals surface area contributed by atoms with Gasteiger partial charge >= 0.3 is 0 Å². The summed E-state index contributed by atoms with van der Waals surface area (Å²) in [6, 6.07) is 21.8. The van der Waals surface area contributed by atoms with E-state index in [4.69, 9.17) is 9.47 Å². The standard InChI is InChI=1S/C25H25NO3/c1-18-6-5-9-23(14-18)29-17-22-15-20(10-11-24(22)28-2)25(27)26-13-12-19-7-3-4-8-21(19)16-26/h3-11,14-15H,12-13,16-17H2,1-2H3. The highest BCUT2D eigenvalue weighted by molar-refractivity contribution is 5.94. The maximum Gasteiger partial charge on any atom is 0.254 e. The van der Waals surface area contributed by atoms with Gasteiger partial charge in [0.2, 0.25) is 0 Å². The number of hydrogen-bond donors (Lipinski definition) is 0. The topological polar surface area (TPSA) is 38.8 Å². The molecule has 29 heavy (non-hydrogen) atoms. The summed E-state index contributed by atoms with van der Waals surface area (Å²) in [5.41, 5.74) is 5.22. The summed E-state index contributed by atoms with van der Waals surface area (Å²) in [5.74, 6) is 1.56. The number of rotatable bonds is 5. The van der Waals surface area contributed by atoms with Crippen LogP contribution in [0.4, 0.5) is 0 Å². The van der Waals surface area contributed by atoms with E-state index in [1.807, 2.05) is 60.4 Å². The van der Waals surface area contributed by atoms with Crippen molar-refractivity contribution in [1.82, 2.24) is 4.90 Å². The van der Waals surface area contributed by atoms with Gasteiger partial charge in [0.1, 0.15) is 18.1 Å². The Balaban J connectivity index is 1.52. The summed E-state index contributed by atoms with van der Waals surface area (Å²) < 4.78 is 11.4. The van der Waals surface area contributed by atoms with Crippen molar-refractivity contribution in [2.75, 3.05) is 13.7 Å². The van der Waals surface area contributed by atoms with E-state index >= 15 is 0 Å². The van der Waals surface area contributed by atoms with Crippen molar-refractivity contribution in [2.45, 2.75) is 26.5 Å². The monoisotopic (exact) mass is 387 g/mol. The molecule has 0 unspecified atom stereocenters. The third-order valence-corrected chi connectivity index (χ3v) is 5.33. The lowest BCUT2D eigenvalue weighted by atomic mass is 9.99. The predicted octanol–water partition coefficient (Wildman–Crippen LogP) is 4.78. The third-order valence-electron chi connectivity index (χ3n) is 5.33. The molecule has 148 valence electrons. The van der Waals surface area contributed by atoms with E-state index in [2.05, 4.69) is 18.2 Å². The van der Waals surface area contributed by atoms with E-state index in [0.29, 0.717) is 18.7 Å². The molecule has 0 saturated carbocycles. The minimum absolute atomic E-state index is 0.0407. The SMILES string of the molecule is COc1ccc(C(=O)N2CCc3ccccc3C2)cc1COc1cccc(C)c1. The number of carbonyl (C=O) groups is 1. The average molecular weight is 387 g/mol. The maximum atomic E-state index is 13.1. The molecule has 0 fully saturated rings. The predicted molar refractivity (Wildman–Crippen MR) is 113 cm³/mol. The van der Waals surface area contributed by atoms with Crippen LogP contribution >= 0.6 is 0 Å². The zero-order chi connectivity index (χ0) is 20.2. The summed E-state index contributed by atoms with van der Waals surface area (Å²) in [6.45, 7) is 3.76. The smallest absolute Gasteiger partial charge is 0.254 e. The normalized spacial score (nSPS) is 13.0. The molecule has 0 saturated heterocycles. The van der Waals surface area contributed by atoms with Crippen LogP contribution in [0.15, 0.2) is 66.7 Å². The van der Waals surface area contributed by atoms with Gasteiger partial charge < -0.3 is 14.4 Å². The highest BCUT2D eigenvalue weighted by Gasteiger charge is 2.22. The fraction of sp³-hybridized carbons (Fsp3) is 0.240. The highest BCUT2D eigenvalue weighted by atomic mass is 16.5. The Kier molecular flexibility index (Phi) is 5.52. The first kappa shape index (κ1) is 19.1. The number of aryl methyl sites for hydroxylation is 1. The van der Waals surface area contributed by atoms with E-state index in [9.17, 15) is 4.79 Å². The van der Waals surface area contributed by atoms with E-state index in [0.717, 1.165) is 35.6 Å². The lowest BCUT2D eigenvalue weighted by molar-refractivity contribution is 0.0734. The second-order valence-corrected chi connectivity index (χ2v) is 7.38. The second kappa shape index (κ2) is 8.39. The largest absolute Gasteiger partial charge is 0.496 e. The number of fused-ring (bicyclic) bond motifs is 1. The molecule has 4 nitrogen and oxygen atoms in total. The molecule has 1 amide bonds. The van der Waals surface area contributed by atoms with Gasteiger partial charge in [0.15, 0.2) is 0 Å². The van der Waals surface area contributed by atoms with E-state index < -0.39 is 0 Å². The van der Waals surface area contributed by atoms with Gasteiger partial charge in [0, 0.05) is 24.2 Å². The van der Waals surface area contributed by atoms with Crippen molar-refractivity contribution in [3.05, 3.63) is 94.5 Å². The number of amides is 1. The molecule has 0 bridgehead atoms. The van der Waals surface area contributed by atoms with Crippen molar-refractivity contribution in [1.29, 1.82) is 0 Å². The second-order valence-electron chi connectivity index (χ2n) is 7.38. The van der Waals surface area contributed by atoms with E-state index in [1.54, 1.807) is 7.11 Å². The highest BCUT2D eigenvalue weighted by Crippen LogP contribution is 2.25. The number of carbonyl (C=O) groups excluding carboxylic acids is 1. The van der Waals surface area contributed by atoms with Crippen LogP contribution in [0.3, 0.4) is 0 Å². The van der Waals surface area contributed by atoms with Crippen LogP contribution < -0.4 is 9.47 Å². The molecule has 0 aromatic heterocycles. The molecule has 1 aliphatic heterocycles. The molecular formula is C25H25NO3. The van der Waals surface area contributed by atoms with Crippen molar-refractivity contribution in [3.63, 3.8) is 0 Å². The molecule has 0 aliphatic carbocycles. The van der Waals surface area contributed by atoms with Gasteiger partial charge in [-0.1, -0.05) is 36.4 Å². The van der Waals surface area contributed by atoms with Crippen LogP contribution in [0.5, 0.6) is 11.5 Å². The van der Waals surface area contributed by atoms with Gasteiger partial charge in [-0.2, -0.15) is 0 Å². The van der Waals surface area contributed by atoms with Gasteiger partial charge in [0.05, 0.1) is 7.11 Å². The summed E-state index contributed by atoms with van der Waals surface area (Å²) in [7, 11) is 1.63. The Labute approximate surface area is 171 Å². The van der Waals surface area contributed by atoms with Crippen LogP contribution in [0.25, 0.3) is 0 Å². The summed E-state index contributed by atoms with van der Waals surface area (Å²) >= 11 is 0. The first-order chi connectivity index (χ1) is 14.1. The lowest BCUT2D eigenvalue weighted by Gasteiger charge is -2.29. The molecule has 0 radical (unpaired) electrons. The molecule has 3 aromatic carbocycles. The van der Waals surface area contributed by atoms with Crippen molar-refractivity contribution in [2.24, 2.45) is 0 Å². The summed E-state index contributed by atoms with van der Waals surface area (Å²) in [5, 5.41) is 0. The maximum absolute atomic E-state index is 13.1. The Morgan fingerprint density at radius 1 is 1.00 bits per heavy atom. The Morgan fingerprint density at radius 2 is 1.83 bits per heavy atom. The Hall–Kier alpha value is -3.27. The van der Waals surface area contributed by atoms with Crippen LogP contribution in [0.2, 0.25) is 0 Å². The van der Waals surface area contributed by atoms with Crippen LogP contribution in [-0.2, 0) is 19.6 Å². The average Bonchev–Trinajstić information content (AvgIpc) is 2.76. The molecule has 4 heteroatoms. The number of hydrogen-bond acceptors (Lipinski definition) is 3. The van der Waals surface area contributed by atoms with Gasteiger partial charge in [-0.25, -0.2) is 0 Å². The molecule has 3 aromatic rings. The van der Waals surface area contributed by atoms with Crippen molar-refractivity contribution < 1.29 is 14.3 Å². The van der Waals surface area contributed by atoms with Gasteiger partial charge in [-0.3, -0.25) is 4.79 Å². The zero-order valence-electron chi connectivity index (χ0n) is 16.9. The first-order valence-electron chi connectivity index (χ1n) is 9.86. The molecule has 0 spiro atoms. The van der Waals surface area contributed by atoms with E-state index in [-0.39, 0.29) is 5.91 Å². The molecular weight excluding hydrogens is 362 g/mol. The van der Waals surface area contributed by atoms with Crippen LogP contribution in [-0.4, -0.2) is 24.5 Å². The first-order valence-corrected chi connectivity index (χ1v) is 9.86. The van der Waals surface area contributed by atoms with Gasteiger partial charge in [0.25, 0.3) is 5.91 Å². The summed E-state index contributed by atoms with van der Waals surface area (Å²) in [4.78, 5) is 15.0. The van der Waals surface area contributed by atoms with Gasteiger partial charge in [-0.15, -0.1) is 0 Å². The Bertz CT molecular complexity index is 1030. The molecule has 1 aliphatic rings. The quantitative estimate of drug-likeness (QED) is 0.632. The number of nitrogens with zero attached hydrogens (tertiary/aromatic N) is 1. The van der Waals surface area contributed by atoms with E-state index in [1.165, 1.54) is 11.1 Å². The van der Waals surface area contributed by atoms with Crippen molar-refractivity contribution >= 4 is 5.91 Å². The lowest BCUT2D eigenvalue weighted by Crippen LogP contribution is -2.36. The van der Waals surface area contributed by atoms with Crippen LogP contribution in [0.1, 0.15) is 32.6 Å². The van der Waals surface area contributed by atoms with Gasteiger partial charge in [-0.05, 0) is 60.4 Å². The molecule has 1 heterocycles. The zero-order valence-corrected chi connectivity index (χ0v) is 16.9. The van der Waals surface area contributed by atoms with Crippen molar-refractivity contribution in [3.8, 4) is 11.5 Å². The molecule has 0 N–H and O–H groups in total. The Morgan fingerprint density at radius 3 is 2.62 bits per heavy atom. The fourth-order valence-corrected chi connectivity index (χ4v) is 3.74. The third kappa shape index (κ3) is 4.27. The molecule has 4 rings (SSSR count). The molecule has 0 atom stereocenters. The fourth-order valence-electron chi connectivity index (χ4n) is 3.74. The minimum Gasteiger partial charge on any atom is -0.496 e. The number of benzene rings is 3. The number of methoxy groups -OCH3 is 1. The van der Waals surface area contributed by atoms with Crippen LogP contribution in [0, 0.1) is 6.92 Å².